The molecule has 0 amide bonds. The van der Waals surface area contributed by atoms with E-state index in [1.54, 1.807) is 12.1 Å². The molecule has 2 atom stereocenters. The summed E-state index contributed by atoms with van der Waals surface area (Å²) in [4.78, 5) is 17.2. The van der Waals surface area contributed by atoms with Crippen LogP contribution < -0.4 is 10.4 Å². The van der Waals surface area contributed by atoms with Crippen molar-refractivity contribution < 1.29 is 27.8 Å². The zero-order chi connectivity index (χ0) is 36.7. The first kappa shape index (κ1) is 39.2. The van der Waals surface area contributed by atoms with Crippen molar-refractivity contribution in [3.8, 4) is 11.1 Å². The summed E-state index contributed by atoms with van der Waals surface area (Å²) in [6.07, 6.45) is 0.0444. The molecule has 4 rings (SSSR count). The Labute approximate surface area is 299 Å². The Kier molecular flexibility index (Phi) is 13.1. The number of hydrogen-bond donors (Lipinski definition) is 1. The lowest BCUT2D eigenvalue weighted by molar-refractivity contribution is -0.138. The fourth-order valence-corrected chi connectivity index (χ4v) is 12.3. The van der Waals surface area contributed by atoms with Crippen LogP contribution in [0.3, 0.4) is 0 Å². The van der Waals surface area contributed by atoms with Gasteiger partial charge < -0.3 is 9.53 Å². The minimum absolute atomic E-state index is 0.0357. The number of pyridine rings is 1. The van der Waals surface area contributed by atoms with E-state index in [2.05, 4.69) is 61.5 Å². The molecule has 4 aromatic rings. The maximum atomic E-state index is 13.9. The molecule has 0 aliphatic rings. The molecular formula is C41H52FNO5PSi+. The summed E-state index contributed by atoms with van der Waals surface area (Å²) < 4.78 is 40.4. The molecule has 0 spiro atoms. The summed E-state index contributed by atoms with van der Waals surface area (Å²) in [5.41, 5.74) is 4.77. The van der Waals surface area contributed by atoms with Crippen LogP contribution in [0, 0.1) is 5.82 Å². The quantitative estimate of drug-likeness (QED) is 0.0750. The first-order chi connectivity index (χ1) is 23.5. The molecule has 0 radical (unpaired) electrons. The standard InChI is InChI=1S/C41H51FNO5PSi/c1-29(2)39-35(36(27-37(43-39)40(3,4)5)30-21-23-31(42)24-22-30)20-15-25-47-49(46)28-32(26-38(44)45)48-50(41(6,7)8,33-16-11-9-12-17-33)34-18-13-10-14-19-34/h9-14,16-19,21-24,27,29,32H,15,20,25-26,28H2,1-8H3/p+1/t32-/m0/s1. The topological polar surface area (TPSA) is 85.7 Å². The molecular weight excluding hydrogens is 665 g/mol. The lowest BCUT2D eigenvalue weighted by Crippen LogP contribution is -2.68. The van der Waals surface area contributed by atoms with Crippen molar-refractivity contribution in [2.75, 3.05) is 12.8 Å². The molecule has 1 unspecified atom stereocenters. The van der Waals surface area contributed by atoms with Gasteiger partial charge in [-0.15, -0.1) is 4.52 Å². The van der Waals surface area contributed by atoms with E-state index in [9.17, 15) is 18.9 Å². The van der Waals surface area contributed by atoms with Gasteiger partial charge in [0.25, 0.3) is 8.32 Å². The molecule has 1 aromatic heterocycles. The Hall–Kier alpha value is -3.55. The molecule has 50 heavy (non-hydrogen) atoms. The number of rotatable bonds is 15. The highest BCUT2D eigenvalue weighted by atomic mass is 31.1. The number of carbonyl (C=O) groups is 1. The van der Waals surface area contributed by atoms with E-state index in [1.165, 1.54) is 12.1 Å². The second-order valence-electron chi connectivity index (χ2n) is 15.3. The van der Waals surface area contributed by atoms with Gasteiger partial charge in [-0.1, -0.05) is 128 Å². The average molecular weight is 717 g/mol. The van der Waals surface area contributed by atoms with E-state index in [0.29, 0.717) is 12.8 Å². The molecule has 266 valence electrons. The van der Waals surface area contributed by atoms with Gasteiger partial charge >= 0.3 is 14.0 Å². The van der Waals surface area contributed by atoms with E-state index in [4.69, 9.17) is 13.9 Å². The molecule has 0 aliphatic carbocycles. The van der Waals surface area contributed by atoms with Crippen LogP contribution in [-0.4, -0.2) is 43.2 Å². The van der Waals surface area contributed by atoms with Crippen LogP contribution in [0.25, 0.3) is 11.1 Å². The van der Waals surface area contributed by atoms with Gasteiger partial charge in [0.05, 0.1) is 6.42 Å². The van der Waals surface area contributed by atoms with Gasteiger partial charge in [0, 0.05) is 16.8 Å². The Morgan fingerprint density at radius 3 is 1.94 bits per heavy atom. The second kappa shape index (κ2) is 16.6. The molecule has 6 nitrogen and oxygen atoms in total. The number of carboxylic acids is 1. The van der Waals surface area contributed by atoms with Gasteiger partial charge in [-0.25, -0.2) is 4.39 Å². The van der Waals surface area contributed by atoms with E-state index >= 15 is 0 Å². The largest absolute Gasteiger partial charge is 0.510 e. The van der Waals surface area contributed by atoms with Crippen molar-refractivity contribution in [2.45, 2.75) is 97.1 Å². The van der Waals surface area contributed by atoms with Gasteiger partial charge in [0.1, 0.15) is 18.5 Å². The van der Waals surface area contributed by atoms with Crippen LogP contribution in [0.5, 0.6) is 0 Å². The average Bonchev–Trinajstić information content (AvgIpc) is 3.05. The summed E-state index contributed by atoms with van der Waals surface area (Å²) >= 11 is 0. The second-order valence-corrected chi connectivity index (χ2v) is 20.8. The third kappa shape index (κ3) is 9.61. The normalized spacial score (nSPS) is 13.4. The van der Waals surface area contributed by atoms with Crippen LogP contribution in [0.4, 0.5) is 4.39 Å². The zero-order valence-electron chi connectivity index (χ0n) is 30.7. The van der Waals surface area contributed by atoms with Gasteiger partial charge in [0.15, 0.2) is 0 Å². The van der Waals surface area contributed by atoms with Crippen molar-refractivity contribution in [3.63, 3.8) is 0 Å². The summed E-state index contributed by atoms with van der Waals surface area (Å²) in [5.74, 6) is -1.15. The molecule has 0 saturated heterocycles. The molecule has 0 aliphatic heterocycles. The Balaban J connectivity index is 1.56. The lowest BCUT2D eigenvalue weighted by Gasteiger charge is -2.44. The minimum Gasteiger partial charge on any atom is -0.481 e. The Morgan fingerprint density at radius 2 is 1.46 bits per heavy atom. The maximum Gasteiger partial charge on any atom is 0.510 e. The van der Waals surface area contributed by atoms with Gasteiger partial charge in [0.2, 0.25) is 6.16 Å². The Morgan fingerprint density at radius 1 is 0.900 bits per heavy atom. The van der Waals surface area contributed by atoms with Gasteiger partial charge in [-0.2, -0.15) is 0 Å². The smallest absolute Gasteiger partial charge is 0.481 e. The third-order valence-electron chi connectivity index (χ3n) is 8.95. The van der Waals surface area contributed by atoms with Crippen LogP contribution in [0.15, 0.2) is 91.0 Å². The third-order valence-corrected chi connectivity index (χ3v) is 15.2. The number of carboxylic acid groups (broad SMARTS) is 1. The number of aliphatic carboxylic acids is 1. The number of benzene rings is 3. The first-order valence-electron chi connectivity index (χ1n) is 17.4. The fraction of sp³-hybridized carbons (Fsp3) is 0.415. The van der Waals surface area contributed by atoms with Gasteiger partial charge in [-0.3, -0.25) is 9.78 Å². The maximum absolute atomic E-state index is 13.9. The first-order valence-corrected chi connectivity index (χ1v) is 20.7. The van der Waals surface area contributed by atoms with Crippen LogP contribution >= 0.6 is 8.03 Å². The number of hydrogen-bond acceptors (Lipinski definition) is 5. The summed E-state index contributed by atoms with van der Waals surface area (Å²) in [7, 11) is -5.31. The summed E-state index contributed by atoms with van der Waals surface area (Å²) in [5, 5.41) is 11.6. The fourth-order valence-electron chi connectivity index (χ4n) is 6.52. The van der Waals surface area contributed by atoms with Crippen LogP contribution in [0.2, 0.25) is 5.04 Å². The van der Waals surface area contributed by atoms with Crippen molar-refractivity contribution in [3.05, 3.63) is 114 Å². The number of nitrogens with zero attached hydrogens (tertiary/aromatic N) is 1. The van der Waals surface area contributed by atoms with Gasteiger partial charge in [-0.05, 0) is 73.6 Å². The van der Waals surface area contributed by atoms with Crippen molar-refractivity contribution in [1.82, 2.24) is 4.98 Å². The summed E-state index contributed by atoms with van der Waals surface area (Å²) in [6, 6.07) is 28.7. The van der Waals surface area contributed by atoms with Crippen LogP contribution in [0.1, 0.15) is 91.1 Å². The van der Waals surface area contributed by atoms with E-state index in [-0.39, 0.29) is 41.4 Å². The minimum atomic E-state index is -3.08. The van der Waals surface area contributed by atoms with E-state index < -0.39 is 28.4 Å². The molecule has 9 heteroatoms. The Bertz CT molecular complexity index is 1700. The van der Waals surface area contributed by atoms with Crippen LogP contribution in [-0.2, 0) is 30.1 Å². The summed E-state index contributed by atoms with van der Waals surface area (Å²) in [6.45, 7) is 17.2. The highest BCUT2D eigenvalue weighted by Gasteiger charge is 2.52. The van der Waals surface area contributed by atoms with Crippen molar-refractivity contribution in [1.29, 1.82) is 0 Å². The van der Waals surface area contributed by atoms with E-state index in [0.717, 1.165) is 38.5 Å². The van der Waals surface area contributed by atoms with Crippen molar-refractivity contribution >= 4 is 32.7 Å². The molecule has 1 heterocycles. The van der Waals surface area contributed by atoms with E-state index in [1.807, 2.05) is 60.7 Å². The monoisotopic (exact) mass is 716 g/mol. The molecule has 3 aromatic carbocycles. The predicted octanol–water partition coefficient (Wildman–Crippen LogP) is 9.42. The highest BCUT2D eigenvalue weighted by molar-refractivity contribution is 7.39. The zero-order valence-corrected chi connectivity index (χ0v) is 32.6. The number of halogens is 1. The SMILES string of the molecule is CC(C)c1nc(C(C)(C)C)cc(-c2ccc(F)cc2)c1CCCO[P+](=O)C[C@H](CC(=O)O)O[Si](c1ccccc1)(c1ccccc1)C(C)(C)C. The van der Waals surface area contributed by atoms with Crippen molar-refractivity contribution in [2.24, 2.45) is 0 Å². The molecule has 0 bridgehead atoms. The molecule has 1 N–H and O–H groups in total. The number of aromatic nitrogens is 1. The molecule has 0 saturated carbocycles. The lowest BCUT2D eigenvalue weighted by atomic mass is 9.85. The predicted molar refractivity (Wildman–Crippen MR) is 204 cm³/mol. The molecule has 0 fully saturated rings. The highest BCUT2D eigenvalue weighted by Crippen LogP contribution is 2.40.